The SMILES string of the molecule is CC(C)NCCCC(=O)c1ccccc1OC(F)(F)F. The number of para-hydroxylation sites is 1. The third-order valence-corrected chi connectivity index (χ3v) is 2.55. The van der Waals surface area contributed by atoms with Crippen LogP contribution in [-0.2, 0) is 0 Å². The molecule has 0 aromatic heterocycles. The molecule has 1 aromatic rings. The van der Waals surface area contributed by atoms with Gasteiger partial charge in [0, 0.05) is 12.5 Å². The quantitative estimate of drug-likeness (QED) is 0.616. The summed E-state index contributed by atoms with van der Waals surface area (Å²) in [7, 11) is 0. The lowest BCUT2D eigenvalue weighted by Gasteiger charge is -2.12. The Morgan fingerprint density at radius 2 is 1.95 bits per heavy atom. The van der Waals surface area contributed by atoms with Gasteiger partial charge in [0.15, 0.2) is 5.78 Å². The molecule has 0 spiro atoms. The molecule has 1 rings (SSSR count). The van der Waals surface area contributed by atoms with Crippen LogP contribution in [0.15, 0.2) is 24.3 Å². The number of carbonyl (C=O) groups excluding carboxylic acids is 1. The molecule has 20 heavy (non-hydrogen) atoms. The number of nitrogens with one attached hydrogen (secondary N) is 1. The van der Waals surface area contributed by atoms with Crippen LogP contribution in [0.4, 0.5) is 13.2 Å². The Morgan fingerprint density at radius 1 is 1.30 bits per heavy atom. The van der Waals surface area contributed by atoms with Crippen molar-refractivity contribution >= 4 is 5.78 Å². The van der Waals surface area contributed by atoms with Gasteiger partial charge in [0.05, 0.1) is 5.56 Å². The van der Waals surface area contributed by atoms with Crippen LogP contribution in [0.2, 0.25) is 0 Å². The second-order valence-corrected chi connectivity index (χ2v) is 4.68. The molecule has 0 atom stereocenters. The van der Waals surface area contributed by atoms with Crippen molar-refractivity contribution in [3.8, 4) is 5.75 Å². The molecule has 6 heteroatoms. The number of carbonyl (C=O) groups is 1. The molecular weight excluding hydrogens is 271 g/mol. The van der Waals surface area contributed by atoms with E-state index < -0.39 is 12.1 Å². The largest absolute Gasteiger partial charge is 0.573 e. The average molecular weight is 289 g/mol. The lowest BCUT2D eigenvalue weighted by Crippen LogP contribution is -2.24. The highest BCUT2D eigenvalue weighted by Crippen LogP contribution is 2.27. The van der Waals surface area contributed by atoms with Crippen LogP contribution < -0.4 is 10.1 Å². The Labute approximate surface area is 116 Å². The summed E-state index contributed by atoms with van der Waals surface area (Å²) in [5.41, 5.74) is -0.0330. The molecule has 0 aliphatic carbocycles. The monoisotopic (exact) mass is 289 g/mol. The van der Waals surface area contributed by atoms with Crippen molar-refractivity contribution in [2.45, 2.75) is 39.1 Å². The van der Waals surface area contributed by atoms with Crippen LogP contribution in [0, 0.1) is 0 Å². The predicted octanol–water partition coefficient (Wildman–Crippen LogP) is 3.55. The first-order valence-corrected chi connectivity index (χ1v) is 6.41. The van der Waals surface area contributed by atoms with Crippen molar-refractivity contribution in [2.24, 2.45) is 0 Å². The molecule has 0 bridgehead atoms. The van der Waals surface area contributed by atoms with E-state index in [1.165, 1.54) is 18.2 Å². The van der Waals surface area contributed by atoms with E-state index in [1.807, 2.05) is 13.8 Å². The van der Waals surface area contributed by atoms with E-state index in [-0.39, 0.29) is 17.8 Å². The van der Waals surface area contributed by atoms with Gasteiger partial charge < -0.3 is 10.1 Å². The van der Waals surface area contributed by atoms with Crippen LogP contribution in [0.3, 0.4) is 0 Å². The predicted molar refractivity (Wildman–Crippen MR) is 69.8 cm³/mol. The summed E-state index contributed by atoms with van der Waals surface area (Å²) in [6.07, 6.45) is -4.05. The summed E-state index contributed by atoms with van der Waals surface area (Å²) in [5.74, 6) is -0.794. The van der Waals surface area contributed by atoms with Crippen molar-refractivity contribution in [2.75, 3.05) is 6.54 Å². The highest BCUT2D eigenvalue weighted by atomic mass is 19.4. The molecule has 0 aliphatic rings. The Kier molecular flexibility index (Phi) is 6.01. The molecule has 0 aliphatic heterocycles. The summed E-state index contributed by atoms with van der Waals surface area (Å²) in [6, 6.07) is 5.72. The fourth-order valence-electron chi connectivity index (χ4n) is 1.69. The minimum Gasteiger partial charge on any atom is -0.405 e. The minimum absolute atomic E-state index is 0.0330. The van der Waals surface area contributed by atoms with Gasteiger partial charge >= 0.3 is 6.36 Å². The van der Waals surface area contributed by atoms with Crippen LogP contribution in [-0.4, -0.2) is 24.7 Å². The van der Waals surface area contributed by atoms with Gasteiger partial charge in [0.25, 0.3) is 0 Å². The number of benzene rings is 1. The summed E-state index contributed by atoms with van der Waals surface area (Å²) in [5, 5.41) is 3.14. The van der Waals surface area contributed by atoms with Gasteiger partial charge in [-0.1, -0.05) is 26.0 Å². The Morgan fingerprint density at radius 3 is 2.55 bits per heavy atom. The van der Waals surface area contributed by atoms with Crippen LogP contribution in [0.25, 0.3) is 0 Å². The Balaban J connectivity index is 2.63. The fraction of sp³-hybridized carbons (Fsp3) is 0.500. The maximum absolute atomic E-state index is 12.2. The number of rotatable bonds is 7. The molecule has 0 fully saturated rings. The van der Waals surface area contributed by atoms with Crippen molar-refractivity contribution in [3.05, 3.63) is 29.8 Å². The maximum Gasteiger partial charge on any atom is 0.573 e. The topological polar surface area (TPSA) is 38.3 Å². The van der Waals surface area contributed by atoms with E-state index in [9.17, 15) is 18.0 Å². The van der Waals surface area contributed by atoms with Gasteiger partial charge in [-0.05, 0) is 25.1 Å². The summed E-state index contributed by atoms with van der Waals surface area (Å²) in [6.45, 7) is 4.61. The molecule has 0 saturated carbocycles. The third kappa shape index (κ3) is 6.06. The molecule has 0 radical (unpaired) electrons. The number of ether oxygens (including phenoxy) is 1. The second-order valence-electron chi connectivity index (χ2n) is 4.68. The molecule has 0 unspecified atom stereocenters. The van der Waals surface area contributed by atoms with Gasteiger partial charge in [0.2, 0.25) is 0 Å². The number of Topliss-reactive ketones (excluding diaryl/α,β-unsaturated/α-hetero) is 1. The molecule has 0 amide bonds. The zero-order valence-electron chi connectivity index (χ0n) is 11.5. The van der Waals surface area contributed by atoms with E-state index in [0.29, 0.717) is 19.0 Å². The number of alkyl halides is 3. The van der Waals surface area contributed by atoms with E-state index in [2.05, 4.69) is 10.1 Å². The second kappa shape index (κ2) is 7.28. The maximum atomic E-state index is 12.2. The van der Waals surface area contributed by atoms with Crippen molar-refractivity contribution in [3.63, 3.8) is 0 Å². The first-order valence-electron chi connectivity index (χ1n) is 6.41. The molecule has 1 aromatic carbocycles. The van der Waals surface area contributed by atoms with Gasteiger partial charge in [-0.3, -0.25) is 4.79 Å². The van der Waals surface area contributed by atoms with E-state index >= 15 is 0 Å². The smallest absolute Gasteiger partial charge is 0.405 e. The number of halogens is 3. The minimum atomic E-state index is -4.80. The highest BCUT2D eigenvalue weighted by molar-refractivity contribution is 5.98. The lowest BCUT2D eigenvalue weighted by atomic mass is 10.1. The Hall–Kier alpha value is -1.56. The summed E-state index contributed by atoms with van der Waals surface area (Å²) < 4.78 is 40.6. The third-order valence-electron chi connectivity index (χ3n) is 2.55. The number of ketones is 1. The molecular formula is C14H18F3NO2. The normalized spacial score (nSPS) is 11.7. The van der Waals surface area contributed by atoms with E-state index in [1.54, 1.807) is 0 Å². The van der Waals surface area contributed by atoms with Gasteiger partial charge in [-0.25, -0.2) is 0 Å². The van der Waals surface area contributed by atoms with Gasteiger partial charge in [-0.15, -0.1) is 13.2 Å². The van der Waals surface area contributed by atoms with Gasteiger partial charge in [0.1, 0.15) is 5.75 Å². The first-order chi connectivity index (χ1) is 9.29. The fourth-order valence-corrected chi connectivity index (χ4v) is 1.69. The zero-order chi connectivity index (χ0) is 15.2. The molecule has 3 nitrogen and oxygen atoms in total. The molecule has 112 valence electrons. The van der Waals surface area contributed by atoms with Gasteiger partial charge in [-0.2, -0.15) is 0 Å². The first kappa shape index (κ1) is 16.5. The molecule has 1 N–H and O–H groups in total. The van der Waals surface area contributed by atoms with Crippen molar-refractivity contribution in [1.29, 1.82) is 0 Å². The summed E-state index contributed by atoms with van der Waals surface area (Å²) >= 11 is 0. The lowest BCUT2D eigenvalue weighted by molar-refractivity contribution is -0.274. The number of hydrogen-bond donors (Lipinski definition) is 1. The van der Waals surface area contributed by atoms with Crippen LogP contribution >= 0.6 is 0 Å². The molecule has 0 heterocycles. The van der Waals surface area contributed by atoms with Crippen molar-refractivity contribution in [1.82, 2.24) is 5.32 Å². The molecule has 0 saturated heterocycles. The highest BCUT2D eigenvalue weighted by Gasteiger charge is 2.32. The van der Waals surface area contributed by atoms with Crippen molar-refractivity contribution < 1.29 is 22.7 Å². The zero-order valence-corrected chi connectivity index (χ0v) is 11.5. The Bertz CT molecular complexity index is 444. The standard InChI is InChI=1S/C14H18F3NO2/c1-10(2)18-9-5-7-12(19)11-6-3-4-8-13(11)20-14(15,16)17/h3-4,6,8,10,18H,5,7,9H2,1-2H3. The van der Waals surface area contributed by atoms with E-state index in [0.717, 1.165) is 6.07 Å². The number of hydrogen-bond acceptors (Lipinski definition) is 3. The van der Waals surface area contributed by atoms with Crippen LogP contribution in [0.5, 0.6) is 5.75 Å². The summed E-state index contributed by atoms with van der Waals surface area (Å²) in [4.78, 5) is 11.9. The van der Waals surface area contributed by atoms with E-state index in [4.69, 9.17) is 0 Å². The average Bonchev–Trinajstić information content (AvgIpc) is 2.33. The van der Waals surface area contributed by atoms with Crippen LogP contribution in [0.1, 0.15) is 37.0 Å².